The van der Waals surface area contributed by atoms with Crippen LogP contribution in [0.25, 0.3) is 0 Å². The van der Waals surface area contributed by atoms with E-state index in [9.17, 15) is 14.0 Å². The number of hydrogen-bond acceptors (Lipinski definition) is 4. The molecule has 1 aliphatic rings. The van der Waals surface area contributed by atoms with Gasteiger partial charge in [-0.2, -0.15) is 0 Å². The second-order valence-electron chi connectivity index (χ2n) is 7.43. The van der Waals surface area contributed by atoms with Crippen LogP contribution in [0.4, 0.5) is 19.7 Å². The molecule has 1 atom stereocenters. The molecule has 0 spiro atoms. The number of alkyl carbamates (subject to hydrolysis) is 1. The molecule has 1 aromatic rings. The minimum Gasteiger partial charge on any atom is -0.444 e. The van der Waals surface area contributed by atoms with Gasteiger partial charge < -0.3 is 25.2 Å². The highest BCUT2D eigenvalue weighted by Crippen LogP contribution is 2.14. The smallest absolute Gasteiger partial charge is 0.407 e. The largest absolute Gasteiger partial charge is 0.444 e. The van der Waals surface area contributed by atoms with Gasteiger partial charge in [0.1, 0.15) is 11.4 Å². The second kappa shape index (κ2) is 8.35. The van der Waals surface area contributed by atoms with E-state index in [0.29, 0.717) is 18.8 Å². The molecule has 26 heavy (non-hydrogen) atoms. The number of carbonyl (C=O) groups is 2. The molecule has 0 aliphatic carbocycles. The first-order chi connectivity index (χ1) is 12.1. The number of piperazine rings is 1. The van der Waals surface area contributed by atoms with E-state index in [1.807, 2.05) is 7.05 Å². The van der Waals surface area contributed by atoms with Crippen LogP contribution in [0.3, 0.4) is 0 Å². The van der Waals surface area contributed by atoms with Gasteiger partial charge in [-0.3, -0.25) is 0 Å². The van der Waals surface area contributed by atoms with Gasteiger partial charge in [-0.15, -0.1) is 0 Å². The molecule has 0 radical (unpaired) electrons. The van der Waals surface area contributed by atoms with Gasteiger partial charge in [0.15, 0.2) is 0 Å². The molecule has 0 aromatic heterocycles. The third-order valence-electron chi connectivity index (χ3n) is 3.92. The predicted octanol–water partition coefficient (Wildman–Crippen LogP) is 2.50. The molecule has 3 amide bonds. The normalized spacial score (nSPS) is 18.3. The molecule has 0 saturated carbocycles. The summed E-state index contributed by atoms with van der Waals surface area (Å²) in [5.74, 6) is -0.359. The van der Waals surface area contributed by atoms with Gasteiger partial charge in [-0.25, -0.2) is 14.0 Å². The van der Waals surface area contributed by atoms with Crippen molar-refractivity contribution in [1.29, 1.82) is 0 Å². The van der Waals surface area contributed by atoms with Gasteiger partial charge in [-0.05, 0) is 52.1 Å². The van der Waals surface area contributed by atoms with E-state index in [0.717, 1.165) is 6.54 Å². The van der Waals surface area contributed by atoms with Crippen molar-refractivity contribution in [3.05, 3.63) is 30.1 Å². The van der Waals surface area contributed by atoms with E-state index in [-0.39, 0.29) is 24.4 Å². The number of rotatable bonds is 3. The van der Waals surface area contributed by atoms with E-state index in [1.54, 1.807) is 25.7 Å². The molecular weight excluding hydrogens is 339 g/mol. The maximum atomic E-state index is 13.0. The molecular formula is C18H27FN4O3. The van der Waals surface area contributed by atoms with Gasteiger partial charge in [-0.1, -0.05) is 0 Å². The first kappa shape index (κ1) is 20.0. The number of amides is 3. The lowest BCUT2D eigenvalue weighted by Gasteiger charge is -2.40. The SMILES string of the molecule is CN1CCN(C(=O)Nc2ccc(F)cc2)[C@@H](CNC(=O)OC(C)(C)C)C1. The van der Waals surface area contributed by atoms with Crippen molar-refractivity contribution in [2.24, 2.45) is 0 Å². The van der Waals surface area contributed by atoms with Crippen molar-refractivity contribution in [3.8, 4) is 0 Å². The number of hydrogen-bond donors (Lipinski definition) is 2. The summed E-state index contributed by atoms with van der Waals surface area (Å²) in [6, 6.07) is 5.14. The summed E-state index contributed by atoms with van der Waals surface area (Å²) in [4.78, 5) is 28.3. The Morgan fingerprint density at radius 3 is 2.50 bits per heavy atom. The van der Waals surface area contributed by atoms with Crippen molar-refractivity contribution < 1.29 is 18.7 Å². The minimum absolute atomic E-state index is 0.193. The molecule has 144 valence electrons. The van der Waals surface area contributed by atoms with Crippen molar-refractivity contribution in [2.45, 2.75) is 32.4 Å². The molecule has 1 heterocycles. The van der Waals surface area contributed by atoms with E-state index < -0.39 is 11.7 Å². The van der Waals surface area contributed by atoms with Crippen LogP contribution in [-0.4, -0.2) is 66.8 Å². The number of urea groups is 1. The average molecular weight is 366 g/mol. The molecule has 8 heteroatoms. The van der Waals surface area contributed by atoms with Gasteiger partial charge in [0, 0.05) is 31.9 Å². The Hall–Kier alpha value is -2.35. The van der Waals surface area contributed by atoms with Crippen LogP contribution in [0.1, 0.15) is 20.8 Å². The Morgan fingerprint density at radius 1 is 1.23 bits per heavy atom. The fourth-order valence-corrected chi connectivity index (χ4v) is 2.70. The third kappa shape index (κ3) is 6.18. The molecule has 7 nitrogen and oxygen atoms in total. The molecule has 1 aliphatic heterocycles. The predicted molar refractivity (Wildman–Crippen MR) is 97.6 cm³/mol. The summed E-state index contributed by atoms with van der Waals surface area (Å²) in [7, 11) is 1.97. The standard InChI is InChI=1S/C18H27FN4O3/c1-18(2,3)26-17(25)20-11-15-12-22(4)9-10-23(15)16(24)21-14-7-5-13(19)6-8-14/h5-8,15H,9-12H2,1-4H3,(H,20,25)(H,21,24)/t15-/m0/s1. The lowest BCUT2D eigenvalue weighted by molar-refractivity contribution is 0.0490. The van der Waals surface area contributed by atoms with Crippen molar-refractivity contribution in [2.75, 3.05) is 38.5 Å². The zero-order chi connectivity index (χ0) is 19.3. The van der Waals surface area contributed by atoms with Crippen molar-refractivity contribution in [3.63, 3.8) is 0 Å². The van der Waals surface area contributed by atoms with E-state index in [4.69, 9.17) is 4.74 Å². The summed E-state index contributed by atoms with van der Waals surface area (Å²) in [6.07, 6.45) is -0.510. The summed E-state index contributed by atoms with van der Waals surface area (Å²) in [5.41, 5.74) is -0.0539. The maximum Gasteiger partial charge on any atom is 0.407 e. The van der Waals surface area contributed by atoms with E-state index >= 15 is 0 Å². The topological polar surface area (TPSA) is 73.9 Å². The molecule has 1 saturated heterocycles. The number of halogens is 1. The lowest BCUT2D eigenvalue weighted by atomic mass is 10.1. The quantitative estimate of drug-likeness (QED) is 0.862. The second-order valence-corrected chi connectivity index (χ2v) is 7.43. The van der Waals surface area contributed by atoms with Crippen molar-refractivity contribution in [1.82, 2.24) is 15.1 Å². The third-order valence-corrected chi connectivity index (χ3v) is 3.92. The Balaban J connectivity index is 1.96. The lowest BCUT2D eigenvalue weighted by Crippen LogP contribution is -2.58. The number of benzene rings is 1. The summed E-state index contributed by atoms with van der Waals surface area (Å²) >= 11 is 0. The Kier molecular flexibility index (Phi) is 6.42. The zero-order valence-electron chi connectivity index (χ0n) is 15.7. The van der Waals surface area contributed by atoms with Crippen LogP contribution in [0.2, 0.25) is 0 Å². The molecule has 1 aromatic carbocycles. The summed E-state index contributed by atoms with van der Waals surface area (Å²) < 4.78 is 18.2. The molecule has 1 fully saturated rings. The van der Waals surface area contributed by atoms with Gasteiger partial charge >= 0.3 is 12.1 Å². The first-order valence-electron chi connectivity index (χ1n) is 8.62. The summed E-state index contributed by atoms with van der Waals surface area (Å²) in [6.45, 7) is 7.57. The van der Waals surface area contributed by atoms with Crippen LogP contribution in [0, 0.1) is 5.82 Å². The van der Waals surface area contributed by atoms with Gasteiger partial charge in [0.05, 0.1) is 6.04 Å². The Labute approximate surface area is 153 Å². The van der Waals surface area contributed by atoms with Gasteiger partial charge in [0.2, 0.25) is 0 Å². The van der Waals surface area contributed by atoms with Crippen molar-refractivity contribution >= 4 is 17.8 Å². The number of ether oxygens (including phenoxy) is 1. The van der Waals surface area contributed by atoms with Crippen LogP contribution < -0.4 is 10.6 Å². The maximum absolute atomic E-state index is 13.0. The monoisotopic (exact) mass is 366 g/mol. The van der Waals surface area contributed by atoms with E-state index in [1.165, 1.54) is 24.3 Å². The summed E-state index contributed by atoms with van der Waals surface area (Å²) in [5, 5.41) is 5.49. The molecule has 2 N–H and O–H groups in total. The zero-order valence-corrected chi connectivity index (χ0v) is 15.7. The Bertz CT molecular complexity index is 630. The van der Waals surface area contributed by atoms with Crippen LogP contribution >= 0.6 is 0 Å². The number of anilines is 1. The van der Waals surface area contributed by atoms with Gasteiger partial charge in [0.25, 0.3) is 0 Å². The minimum atomic E-state index is -0.576. The molecule has 0 bridgehead atoms. The number of nitrogens with one attached hydrogen (secondary N) is 2. The number of nitrogens with zero attached hydrogens (tertiary/aromatic N) is 2. The fourth-order valence-electron chi connectivity index (χ4n) is 2.70. The highest BCUT2D eigenvalue weighted by atomic mass is 19.1. The van der Waals surface area contributed by atoms with Crippen LogP contribution in [0.15, 0.2) is 24.3 Å². The average Bonchev–Trinajstić information content (AvgIpc) is 2.53. The number of likely N-dealkylation sites (N-methyl/N-ethyl adjacent to an activating group) is 1. The molecule has 2 rings (SSSR count). The fraction of sp³-hybridized carbons (Fsp3) is 0.556. The van der Waals surface area contributed by atoms with Crippen LogP contribution in [-0.2, 0) is 4.74 Å². The highest BCUT2D eigenvalue weighted by Gasteiger charge is 2.30. The Morgan fingerprint density at radius 2 is 1.88 bits per heavy atom. The van der Waals surface area contributed by atoms with E-state index in [2.05, 4.69) is 15.5 Å². The first-order valence-corrected chi connectivity index (χ1v) is 8.62. The molecule has 0 unspecified atom stereocenters. The highest BCUT2D eigenvalue weighted by molar-refractivity contribution is 5.89. The van der Waals surface area contributed by atoms with Crippen LogP contribution in [0.5, 0.6) is 0 Å². The number of carbonyl (C=O) groups excluding carboxylic acids is 2.